The molecule has 63 heavy (non-hydrogen) atoms. The number of pyridine rings is 1. The van der Waals surface area contributed by atoms with Crippen molar-refractivity contribution in [2.45, 2.75) is 195 Å². The summed E-state index contributed by atoms with van der Waals surface area (Å²) in [7, 11) is 0. The van der Waals surface area contributed by atoms with Gasteiger partial charge in [-0.15, -0.1) is 0 Å². The Bertz CT molecular complexity index is 1880. The van der Waals surface area contributed by atoms with E-state index in [9.17, 15) is 29.4 Å². The molecule has 12 heteroatoms. The molecule has 0 radical (unpaired) electrons. The highest BCUT2D eigenvalue weighted by molar-refractivity contribution is 5.92. The van der Waals surface area contributed by atoms with Gasteiger partial charge in [0.2, 0.25) is 17.7 Å². The van der Waals surface area contributed by atoms with E-state index >= 15 is 0 Å². The van der Waals surface area contributed by atoms with Crippen LogP contribution in [0, 0.1) is 0 Å². The van der Waals surface area contributed by atoms with Crippen molar-refractivity contribution in [3.8, 4) is 5.75 Å². The SMILES string of the molecule is CC(C)(C)c1cc(C(C)(C)C)c([NH+]=C(O)c2c[nH]c3ccccc3c2=O)cc1O.CCCCCCCC(=O)OCC(COC(=[OH+])CCCCCCC)OC(=O)CCCCCCC.N. The number of H-pyrrole nitrogens is 1. The quantitative estimate of drug-likeness (QED) is 0.0137. The zero-order valence-electron chi connectivity index (χ0n) is 40.3. The molecular formula is C51H83N3O9+2. The number of aromatic amines is 1. The predicted octanol–water partition coefficient (Wildman–Crippen LogP) is 10.7. The average molecular weight is 882 g/mol. The van der Waals surface area contributed by atoms with Crippen LogP contribution in [0.15, 0.2) is 47.4 Å². The third kappa shape index (κ3) is 21.5. The second kappa shape index (κ2) is 29.6. The fourth-order valence-electron chi connectivity index (χ4n) is 6.96. The molecule has 1 aromatic heterocycles. The molecule has 0 fully saturated rings. The minimum absolute atomic E-state index is 0. The molecule has 0 spiro atoms. The first-order chi connectivity index (χ1) is 29.4. The molecule has 0 saturated heterocycles. The molecule has 12 nitrogen and oxygen atoms in total. The van der Waals surface area contributed by atoms with Crippen LogP contribution in [-0.4, -0.2) is 63.1 Å². The Morgan fingerprint density at radius 1 is 0.714 bits per heavy atom. The number of ether oxygens (including phenoxy) is 3. The van der Waals surface area contributed by atoms with Gasteiger partial charge in [-0.05, 0) is 48.3 Å². The minimum atomic E-state index is -0.709. The number of esters is 3. The largest absolute Gasteiger partial charge is 0.507 e. The van der Waals surface area contributed by atoms with Gasteiger partial charge >= 0.3 is 23.8 Å². The van der Waals surface area contributed by atoms with Crippen LogP contribution in [-0.2, 0) is 34.6 Å². The first-order valence-electron chi connectivity index (χ1n) is 23.3. The molecule has 0 aliphatic carbocycles. The highest BCUT2D eigenvalue weighted by Crippen LogP contribution is 2.37. The third-order valence-electron chi connectivity index (χ3n) is 10.7. The number of fused-ring (bicyclic) bond motifs is 1. The van der Waals surface area contributed by atoms with Crippen molar-refractivity contribution in [1.29, 1.82) is 0 Å². The van der Waals surface area contributed by atoms with Crippen molar-refractivity contribution in [3.63, 3.8) is 0 Å². The topological polar surface area (TPSA) is 206 Å². The van der Waals surface area contributed by atoms with E-state index in [2.05, 4.69) is 51.5 Å². The Kier molecular flexibility index (Phi) is 26.5. The van der Waals surface area contributed by atoms with Gasteiger partial charge < -0.3 is 40.4 Å². The number of hydrogen-bond acceptors (Lipinski definition) is 8. The fourth-order valence-corrected chi connectivity index (χ4v) is 6.96. The Morgan fingerprint density at radius 2 is 1.22 bits per heavy atom. The number of benzene rings is 2. The molecule has 3 aromatic rings. The molecular weight excluding hydrogens is 799 g/mol. The Balaban J connectivity index is 0.000000623. The van der Waals surface area contributed by atoms with E-state index in [-0.39, 0.29) is 70.7 Å². The number of carbonyl (C=O) groups excluding carboxylic acids is 3. The van der Waals surface area contributed by atoms with Crippen LogP contribution in [0.5, 0.6) is 5.75 Å². The average Bonchev–Trinajstić information content (AvgIpc) is 3.21. The maximum absolute atomic E-state index is 12.8. The number of hydrogen-bond donors (Lipinski definition) is 5. The lowest BCUT2D eigenvalue weighted by atomic mass is 9.79. The first-order valence-corrected chi connectivity index (χ1v) is 23.3. The summed E-state index contributed by atoms with van der Waals surface area (Å²) in [5.74, 6) is -0.751. The number of nitrogens with one attached hydrogen (secondary N) is 2. The Labute approximate surface area is 377 Å². The number of unbranched alkanes of at least 4 members (excludes halogenated alkanes) is 12. The van der Waals surface area contributed by atoms with Crippen molar-refractivity contribution < 1.29 is 43.8 Å². The molecule has 0 aliphatic rings. The normalized spacial score (nSPS) is 12.2. The molecule has 2 aromatic carbocycles. The van der Waals surface area contributed by atoms with Crippen molar-refractivity contribution in [1.82, 2.24) is 11.1 Å². The van der Waals surface area contributed by atoms with Gasteiger partial charge in [0.25, 0.3) is 0 Å². The molecule has 0 aliphatic heterocycles. The molecule has 8 N–H and O–H groups in total. The van der Waals surface area contributed by atoms with Crippen LogP contribution in [0.2, 0.25) is 0 Å². The molecule has 354 valence electrons. The maximum Gasteiger partial charge on any atom is 0.482 e. The smallest absolute Gasteiger partial charge is 0.482 e. The van der Waals surface area contributed by atoms with Crippen LogP contribution in [0.25, 0.3) is 10.9 Å². The van der Waals surface area contributed by atoms with Crippen molar-refractivity contribution in [3.05, 3.63) is 69.5 Å². The number of rotatable bonds is 25. The summed E-state index contributed by atoms with van der Waals surface area (Å²) in [4.78, 5) is 53.1. The zero-order valence-corrected chi connectivity index (χ0v) is 40.3. The van der Waals surface area contributed by atoms with E-state index in [1.807, 2.05) is 39.0 Å². The number of carbonyl (C=O) groups is 2. The highest BCUT2D eigenvalue weighted by Gasteiger charge is 2.29. The van der Waals surface area contributed by atoms with Crippen LogP contribution in [0.4, 0.5) is 5.69 Å². The standard InChI is InChI=1S/C27H50O6.C24H28N2O3.H3N/c1-4-7-10-13-16-19-25(28)31-22-24(33-27(30)21-18-15-12-9-6-3)23-32-26(29)20-17-14-11-8-5-2;1-23(2,3)16-11-17(24(4,5)6)20(27)12-19(16)26-22(29)15-13-25-18-10-8-7-9-14(18)21(15)28;/h24H,4-23H2,1-3H3;7-13,27H,1-6H3,(H,25,28)(H,26,29);1H3/p+2. The van der Waals surface area contributed by atoms with Crippen molar-refractivity contribution in [2.75, 3.05) is 13.2 Å². The predicted molar refractivity (Wildman–Crippen MR) is 256 cm³/mol. The zero-order chi connectivity index (χ0) is 46.1. The van der Waals surface area contributed by atoms with Gasteiger partial charge in [-0.1, -0.05) is 151 Å². The number of phenolic OH excluding ortho intramolecular Hbond substituents is 1. The summed E-state index contributed by atoms with van der Waals surface area (Å²) in [6, 6.07) is 10.7. The van der Waals surface area contributed by atoms with Crippen molar-refractivity contribution >= 4 is 40.4 Å². The van der Waals surface area contributed by atoms with Gasteiger partial charge in [0, 0.05) is 41.1 Å². The van der Waals surface area contributed by atoms with Crippen molar-refractivity contribution in [2.24, 2.45) is 0 Å². The lowest BCUT2D eigenvalue weighted by Crippen LogP contribution is -2.68. The lowest BCUT2D eigenvalue weighted by molar-refractivity contribution is -0.365. The number of aliphatic hydroxyl groups is 1. The van der Waals surface area contributed by atoms with Crippen LogP contribution < -0.4 is 16.6 Å². The second-order valence-corrected chi connectivity index (χ2v) is 18.5. The maximum atomic E-state index is 12.8. The number of aromatic nitrogens is 1. The van der Waals surface area contributed by atoms with Crippen LogP contribution in [0.3, 0.4) is 0 Å². The molecule has 1 unspecified atom stereocenters. The van der Waals surface area contributed by atoms with Gasteiger partial charge in [0.1, 0.15) is 18.8 Å². The summed E-state index contributed by atoms with van der Waals surface area (Å²) < 4.78 is 16.3. The van der Waals surface area contributed by atoms with E-state index in [4.69, 9.17) is 14.2 Å². The summed E-state index contributed by atoms with van der Waals surface area (Å²) in [5.41, 5.74) is 2.43. The van der Waals surface area contributed by atoms with Gasteiger partial charge in [-0.2, -0.15) is 4.99 Å². The lowest BCUT2D eigenvalue weighted by Gasteiger charge is -2.25. The Hall–Kier alpha value is -4.71. The van der Waals surface area contributed by atoms with E-state index in [0.717, 1.165) is 75.3 Å². The van der Waals surface area contributed by atoms with Gasteiger partial charge in [0.15, 0.2) is 11.7 Å². The molecule has 3 rings (SSSR count). The summed E-state index contributed by atoms with van der Waals surface area (Å²) in [6.45, 7) is 18.8. The Morgan fingerprint density at radius 3 is 1.78 bits per heavy atom. The molecule has 0 saturated carbocycles. The summed E-state index contributed by atoms with van der Waals surface area (Å²) in [5, 5.41) is 21.8. The minimum Gasteiger partial charge on any atom is -0.507 e. The third-order valence-corrected chi connectivity index (χ3v) is 10.7. The number of phenols is 1. The van der Waals surface area contributed by atoms with Crippen LogP contribution >= 0.6 is 0 Å². The van der Waals surface area contributed by atoms with E-state index in [1.54, 1.807) is 18.2 Å². The highest BCUT2D eigenvalue weighted by atomic mass is 16.6. The number of aromatic hydroxyl groups is 1. The van der Waals surface area contributed by atoms with E-state index in [1.165, 1.54) is 38.3 Å². The second-order valence-electron chi connectivity index (χ2n) is 18.5. The molecule has 0 bridgehead atoms. The monoisotopic (exact) mass is 882 g/mol. The number of para-hydroxylation sites is 1. The molecule has 0 amide bonds. The number of aliphatic hydroxyl groups excluding tert-OH is 1. The van der Waals surface area contributed by atoms with E-state index in [0.29, 0.717) is 35.9 Å². The fraction of sp³-hybridized carbons (Fsp3) is 0.627. The van der Waals surface area contributed by atoms with Crippen LogP contribution in [0.1, 0.15) is 195 Å². The summed E-state index contributed by atoms with van der Waals surface area (Å²) in [6.07, 6.45) is 18.0. The van der Waals surface area contributed by atoms with Gasteiger partial charge in [-0.25, -0.2) is 0 Å². The summed E-state index contributed by atoms with van der Waals surface area (Å²) >= 11 is 0. The van der Waals surface area contributed by atoms with Gasteiger partial charge in [0.05, 0.1) is 6.07 Å². The molecule has 1 atom stereocenters. The molecule has 1 heterocycles. The van der Waals surface area contributed by atoms with Gasteiger partial charge in [-0.3, -0.25) is 14.4 Å². The first kappa shape index (κ1) is 56.3. The van der Waals surface area contributed by atoms with E-state index < -0.39 is 6.10 Å².